The van der Waals surface area contributed by atoms with Crippen molar-refractivity contribution in [1.82, 2.24) is 0 Å². The summed E-state index contributed by atoms with van der Waals surface area (Å²) in [5, 5.41) is -7.36. The molecule has 0 fully saturated rings. The van der Waals surface area contributed by atoms with E-state index in [1.54, 1.807) is 0 Å². The van der Waals surface area contributed by atoms with Gasteiger partial charge in [-0.15, -0.1) is 0 Å². The molecule has 0 atom stereocenters. The molecule has 0 aliphatic heterocycles. The molecule has 0 spiro atoms. The van der Waals surface area contributed by atoms with Gasteiger partial charge >= 0.3 is 0 Å². The highest BCUT2D eigenvalue weighted by Gasteiger charge is 2.23. The summed E-state index contributed by atoms with van der Waals surface area (Å²) in [5.74, 6) is 0. The molecule has 0 unspecified atom stereocenters. The van der Waals surface area contributed by atoms with Crippen molar-refractivity contribution in [3.63, 3.8) is 0 Å². The fourth-order valence-electron chi connectivity index (χ4n) is 9.31. The molecule has 2 heteroatoms. The van der Waals surface area contributed by atoms with Crippen LogP contribution in [0, 0.1) is 0 Å². The lowest BCUT2D eigenvalue weighted by atomic mass is 9.83. The molecule has 16 aromatic rings. The average Bonchev–Trinajstić information content (AvgIpc) is 1.09. The van der Waals surface area contributed by atoms with E-state index in [2.05, 4.69) is 0 Å². The molecule has 0 radical (unpaired) electrons. The van der Waals surface area contributed by atoms with Crippen LogP contribution in [0.25, 0.3) is 154 Å². The van der Waals surface area contributed by atoms with Crippen molar-refractivity contribution in [3.05, 3.63) is 290 Å². The van der Waals surface area contributed by atoms with Crippen LogP contribution in [0.15, 0.2) is 299 Å². The molecule has 0 saturated carbocycles. The van der Waals surface area contributed by atoms with Crippen molar-refractivity contribution in [1.29, 1.82) is 0 Å². The third kappa shape index (κ3) is 7.49. The Morgan fingerprint density at radius 2 is 0.462 bits per heavy atom. The molecular formula is C76H48O2. The predicted molar refractivity (Wildman–Crippen MR) is 330 cm³/mol. The van der Waals surface area contributed by atoms with Crippen LogP contribution in [0.2, 0.25) is 0 Å². The van der Waals surface area contributed by atoms with Crippen LogP contribution in [0.5, 0.6) is 0 Å². The largest absolute Gasteiger partial charge is 0.456 e. The summed E-state index contributed by atoms with van der Waals surface area (Å²) >= 11 is 0. The van der Waals surface area contributed by atoms with Gasteiger partial charge in [-0.1, -0.05) is 248 Å². The second-order valence-corrected chi connectivity index (χ2v) is 16.5. The Bertz CT molecular complexity index is 7570. The highest BCUT2D eigenvalue weighted by atomic mass is 16.3. The van der Waals surface area contributed by atoms with Crippen molar-refractivity contribution >= 4 is 87.0 Å². The van der Waals surface area contributed by atoms with Gasteiger partial charge in [0.2, 0.25) is 0 Å². The first-order valence-electron chi connectivity index (χ1n) is 46.8. The molecule has 16 rings (SSSR count). The number of hydrogen-bond acceptors (Lipinski definition) is 2. The van der Waals surface area contributed by atoms with Crippen LogP contribution in [-0.2, 0) is 0 Å². The van der Waals surface area contributed by atoms with Crippen molar-refractivity contribution in [3.8, 4) is 66.8 Å². The van der Waals surface area contributed by atoms with Gasteiger partial charge in [-0.05, 0) is 152 Å². The molecule has 364 valence electrons. The Morgan fingerprint density at radius 1 is 0.192 bits per heavy atom. The maximum atomic E-state index is 9.91. The monoisotopic (exact) mass is 1040 g/mol. The summed E-state index contributed by atoms with van der Waals surface area (Å²) in [4.78, 5) is 0. The fourth-order valence-corrected chi connectivity index (χ4v) is 9.31. The van der Waals surface area contributed by atoms with Gasteiger partial charge in [0.15, 0.2) is 0 Å². The maximum absolute atomic E-state index is 9.91. The predicted octanol–water partition coefficient (Wildman–Crippen LogP) is 21.8. The van der Waals surface area contributed by atoms with E-state index in [0.717, 1.165) is 0 Å². The van der Waals surface area contributed by atoms with Gasteiger partial charge in [0.1, 0.15) is 22.3 Å². The highest BCUT2D eigenvalue weighted by molar-refractivity contribution is 6.27. The summed E-state index contributed by atoms with van der Waals surface area (Å²) in [7, 11) is 0. The van der Waals surface area contributed by atoms with E-state index < -0.39 is 438 Å². The minimum absolute atomic E-state index is 0.388. The minimum atomic E-state index is -1.16. The molecule has 0 N–H and O–H groups in total. The zero-order valence-electron chi connectivity index (χ0n) is 86.8. The van der Waals surface area contributed by atoms with Crippen LogP contribution >= 0.6 is 0 Å². The fraction of sp³-hybridized carbons (Fsp3) is 0. The van der Waals surface area contributed by atoms with Crippen LogP contribution < -0.4 is 0 Å². The Hall–Kier alpha value is -10.3. The molecule has 14 aromatic carbocycles. The molecule has 0 aliphatic rings. The topological polar surface area (TPSA) is 26.3 Å². The first-order valence-corrected chi connectivity index (χ1v) is 22.8. The Labute approximate surface area is 518 Å². The van der Waals surface area contributed by atoms with Gasteiger partial charge in [0, 0.05) is 21.5 Å². The molecule has 0 aliphatic carbocycles. The molecule has 2 heterocycles. The summed E-state index contributed by atoms with van der Waals surface area (Å²) in [5.41, 5.74) is -11.6. The van der Waals surface area contributed by atoms with Crippen LogP contribution in [0.3, 0.4) is 0 Å². The van der Waals surface area contributed by atoms with Crippen LogP contribution in [-0.4, -0.2) is 0 Å². The molecule has 2 nitrogen and oxygen atoms in total. The molecule has 0 bridgehead atoms. The standard InChI is InChI=1S/C44H28O.C32H20O/c1-3-14-29(15-4-1)31-26-32(30-16-5-2-6-17-30)28-33(27-31)42-34-18-7-9-20-36(34)43(37-21-10-8-19-35(37)42)39-23-13-25-41-44(39)38-22-11-12-24-40(38)45-41;1-2-11-21(12-3-1)30-22-13-4-6-15-24(22)31(25-16-7-5-14-23(25)30)27-18-10-20-29-32(27)26-17-8-9-19-28(26)33-29/h1-28H;1-20H/i1D,2D,3D,4D,5D,6D,7D,8D,9D,10D,11D,12D,13D,14D,15D,16D,17D,18D,19D,20D,21D,22D,23D,24D,25D,26D,27D,28D;1D,2D,3D,4D,5D,6D,7D,8D,9D,10D,11D,12D,13D,14D,15D,16D,17D,18D,19D,20D. The lowest BCUT2D eigenvalue weighted by molar-refractivity contribution is 0.668. The summed E-state index contributed by atoms with van der Waals surface area (Å²) in [6, 6.07) is -44.3. The van der Waals surface area contributed by atoms with E-state index in [4.69, 9.17) is 62.3 Å². The SMILES string of the molecule is [2H]c1c([2H])c([2H])c(-c2c([2H])c(-c3c([2H])c([2H])c([2H])c([2H])c3[2H])c([2H])c(-c3c4c([2H])c([2H])c([2H])c([2H])c4c(-c4c([2H])c([2H])c([2H])c5oc6c([2H])c([2H])c([2H])c([2H])c6c45)c4c([2H])c([2H])c([2H])c([2H])c34)c2[2H])c([2H])c1[2H].[2H]c1c([2H])c([2H])c(-c2c3c([2H])c([2H])c([2H])c([2H])c3c(-c3c([2H])c([2H])c([2H])c4oc5c([2H])c([2H])c([2H])c([2H])c5c34)c3c([2H])c([2H])c([2H])c([2H])c23)c([2H])c1[2H]. The van der Waals surface area contributed by atoms with Gasteiger partial charge in [0.05, 0.1) is 65.8 Å². The number of fused-ring (bicyclic) bond motifs is 10. The van der Waals surface area contributed by atoms with Crippen LogP contribution in [0.4, 0.5) is 0 Å². The third-order valence-electron chi connectivity index (χ3n) is 12.4. The van der Waals surface area contributed by atoms with Gasteiger partial charge in [-0.25, -0.2) is 0 Å². The zero-order valence-corrected chi connectivity index (χ0v) is 38.8. The van der Waals surface area contributed by atoms with E-state index >= 15 is 0 Å². The smallest absolute Gasteiger partial charge is 0.136 e. The zero-order chi connectivity index (χ0) is 93.3. The van der Waals surface area contributed by atoms with Crippen molar-refractivity contribution in [2.24, 2.45) is 0 Å². The van der Waals surface area contributed by atoms with Gasteiger partial charge < -0.3 is 8.83 Å². The molecule has 0 amide bonds. The number of para-hydroxylation sites is 2. The third-order valence-corrected chi connectivity index (χ3v) is 12.4. The number of furan rings is 2. The quantitative estimate of drug-likeness (QED) is 0.155. The van der Waals surface area contributed by atoms with Gasteiger partial charge in [-0.3, -0.25) is 0 Å². The Morgan fingerprint density at radius 3 is 0.833 bits per heavy atom. The highest BCUT2D eigenvalue weighted by Crippen LogP contribution is 2.49. The number of benzene rings is 14. The van der Waals surface area contributed by atoms with Crippen LogP contribution in [0.1, 0.15) is 65.8 Å². The van der Waals surface area contributed by atoms with E-state index in [0.29, 0.717) is 0 Å². The van der Waals surface area contributed by atoms with E-state index in [-0.39, 0.29) is 5.39 Å². The Kier molecular flexibility index (Phi) is 4.32. The summed E-state index contributed by atoms with van der Waals surface area (Å²) in [6.07, 6.45) is 0. The molecule has 0 saturated heterocycles. The van der Waals surface area contributed by atoms with Crippen molar-refractivity contribution in [2.45, 2.75) is 0 Å². The second kappa shape index (κ2) is 18.8. The van der Waals surface area contributed by atoms with E-state index in [9.17, 15) is 12.3 Å². The lowest BCUT2D eigenvalue weighted by Gasteiger charge is -2.19. The summed E-state index contributed by atoms with van der Waals surface area (Å²) < 4.78 is 437. The average molecular weight is 1040 g/mol. The maximum Gasteiger partial charge on any atom is 0.136 e. The number of hydrogen-bond donors (Lipinski definition) is 0. The number of rotatable bonds is 6. The van der Waals surface area contributed by atoms with Gasteiger partial charge in [0.25, 0.3) is 0 Å². The first kappa shape index (κ1) is 17.9. The van der Waals surface area contributed by atoms with Crippen molar-refractivity contribution < 1.29 is 74.6 Å². The normalized spacial score (nSPS) is 20.2. The van der Waals surface area contributed by atoms with Crippen molar-refractivity contribution in [2.75, 3.05) is 0 Å². The summed E-state index contributed by atoms with van der Waals surface area (Å²) in [6.45, 7) is 0. The Balaban J connectivity index is 0.000000204. The first-order chi connectivity index (χ1) is 58.7. The van der Waals surface area contributed by atoms with E-state index in [1.807, 2.05) is 0 Å². The van der Waals surface area contributed by atoms with E-state index in [1.165, 1.54) is 0 Å². The lowest BCUT2D eigenvalue weighted by Crippen LogP contribution is -1.92. The minimum Gasteiger partial charge on any atom is -0.456 e. The molecule has 2 aromatic heterocycles. The molecular weight excluding hydrogens is 945 g/mol. The second-order valence-electron chi connectivity index (χ2n) is 16.5. The van der Waals surface area contributed by atoms with Gasteiger partial charge in [-0.2, -0.15) is 0 Å². The molecule has 78 heavy (non-hydrogen) atoms.